The van der Waals surface area contributed by atoms with Gasteiger partial charge in [0.15, 0.2) is 9.84 Å². The van der Waals surface area contributed by atoms with Crippen LogP contribution in [0, 0.1) is 0 Å². The molecule has 1 rings (SSSR count). The van der Waals surface area contributed by atoms with Crippen LogP contribution in [0.3, 0.4) is 0 Å². The molecule has 0 aromatic carbocycles. The first-order valence-corrected chi connectivity index (χ1v) is 7.47. The fraction of sp³-hybridized carbons (Fsp3) is 0.800. The van der Waals surface area contributed by atoms with E-state index in [4.69, 9.17) is 9.84 Å². The highest BCUT2D eigenvalue weighted by molar-refractivity contribution is 7.92. The maximum Gasteiger partial charge on any atom is 0.305 e. The molecular formula is C10H17NO6S. The van der Waals surface area contributed by atoms with Gasteiger partial charge >= 0.3 is 5.97 Å². The Morgan fingerprint density at radius 3 is 2.67 bits per heavy atom. The van der Waals surface area contributed by atoms with Crippen LogP contribution in [0.25, 0.3) is 0 Å². The molecule has 1 atom stereocenters. The molecule has 0 aromatic rings. The quantitative estimate of drug-likeness (QED) is 0.701. The highest BCUT2D eigenvalue weighted by Crippen LogP contribution is 2.12. The molecule has 0 aromatic heterocycles. The first-order chi connectivity index (χ1) is 8.35. The van der Waals surface area contributed by atoms with E-state index in [1.807, 2.05) is 0 Å². The summed E-state index contributed by atoms with van der Waals surface area (Å²) in [5.74, 6) is -2.26. The molecule has 1 N–H and O–H groups in total. The summed E-state index contributed by atoms with van der Waals surface area (Å²) in [6.45, 7) is 2.13. The molecule has 0 saturated carbocycles. The summed E-state index contributed by atoms with van der Waals surface area (Å²) in [6.07, 6.45) is -0.238. The predicted octanol–water partition coefficient (Wildman–Crippen LogP) is -0.877. The van der Waals surface area contributed by atoms with Crippen LogP contribution in [0.15, 0.2) is 0 Å². The number of hydrogen-bond donors (Lipinski definition) is 1. The molecule has 7 nitrogen and oxygen atoms in total. The van der Waals surface area contributed by atoms with Gasteiger partial charge in [-0.3, -0.25) is 9.59 Å². The van der Waals surface area contributed by atoms with Crippen LogP contribution >= 0.6 is 0 Å². The minimum atomic E-state index is -3.40. The molecule has 0 radical (unpaired) electrons. The van der Waals surface area contributed by atoms with Gasteiger partial charge in [0.25, 0.3) is 0 Å². The van der Waals surface area contributed by atoms with E-state index in [1.54, 1.807) is 0 Å². The van der Waals surface area contributed by atoms with Crippen molar-refractivity contribution in [1.82, 2.24) is 4.90 Å². The van der Waals surface area contributed by atoms with Crippen LogP contribution < -0.4 is 0 Å². The number of nitrogens with zero attached hydrogens (tertiary/aromatic N) is 1. The lowest BCUT2D eigenvalue weighted by molar-refractivity contribution is -0.144. The number of ether oxygens (including phenoxy) is 1. The standard InChI is InChI=1S/C10H17NO6S/c1-2-18(15,16)7-9(12)11-3-4-17-6-8(11)5-10(13)14/h8H,2-7H2,1H3,(H,13,14). The number of rotatable bonds is 5. The van der Waals surface area contributed by atoms with Crippen molar-refractivity contribution >= 4 is 21.7 Å². The molecule has 1 unspecified atom stereocenters. The second kappa shape index (κ2) is 6.14. The van der Waals surface area contributed by atoms with Gasteiger partial charge in [0.2, 0.25) is 5.91 Å². The number of carbonyl (C=O) groups is 2. The fourth-order valence-corrected chi connectivity index (χ4v) is 2.47. The third kappa shape index (κ3) is 4.26. The number of carbonyl (C=O) groups excluding carboxylic acids is 1. The zero-order chi connectivity index (χ0) is 13.8. The van der Waals surface area contributed by atoms with E-state index in [-0.39, 0.29) is 25.3 Å². The third-order valence-electron chi connectivity index (χ3n) is 2.74. The van der Waals surface area contributed by atoms with Crippen LogP contribution in [-0.2, 0) is 24.2 Å². The number of aliphatic carboxylic acids is 1. The Balaban J connectivity index is 2.71. The summed E-state index contributed by atoms with van der Waals surface area (Å²) >= 11 is 0. The van der Waals surface area contributed by atoms with Crippen molar-refractivity contribution in [2.24, 2.45) is 0 Å². The molecule has 1 aliphatic rings. The second-order valence-electron chi connectivity index (χ2n) is 4.09. The first kappa shape index (κ1) is 14.9. The van der Waals surface area contributed by atoms with E-state index < -0.39 is 33.5 Å². The Labute approximate surface area is 106 Å². The van der Waals surface area contributed by atoms with E-state index in [2.05, 4.69) is 0 Å². The predicted molar refractivity (Wildman–Crippen MR) is 62.9 cm³/mol. The zero-order valence-corrected chi connectivity index (χ0v) is 11.0. The molecule has 1 saturated heterocycles. The molecule has 0 spiro atoms. The smallest absolute Gasteiger partial charge is 0.305 e. The van der Waals surface area contributed by atoms with Crippen LogP contribution in [0.2, 0.25) is 0 Å². The number of amides is 1. The van der Waals surface area contributed by atoms with E-state index in [0.717, 1.165) is 0 Å². The largest absolute Gasteiger partial charge is 0.481 e. The third-order valence-corrected chi connectivity index (χ3v) is 4.31. The van der Waals surface area contributed by atoms with Crippen molar-refractivity contribution in [2.75, 3.05) is 31.3 Å². The summed E-state index contributed by atoms with van der Waals surface area (Å²) in [5, 5.41) is 8.73. The molecule has 1 amide bonds. The van der Waals surface area contributed by atoms with Crippen LogP contribution in [-0.4, -0.2) is 67.6 Å². The van der Waals surface area contributed by atoms with Gasteiger partial charge in [-0.15, -0.1) is 0 Å². The minimum absolute atomic E-state index is 0.104. The Morgan fingerprint density at radius 2 is 2.11 bits per heavy atom. The molecule has 1 heterocycles. The molecular weight excluding hydrogens is 262 g/mol. The van der Waals surface area contributed by atoms with Crippen molar-refractivity contribution in [3.8, 4) is 0 Å². The number of hydrogen-bond acceptors (Lipinski definition) is 5. The average Bonchev–Trinajstić information content (AvgIpc) is 2.28. The monoisotopic (exact) mass is 279 g/mol. The molecule has 0 aliphatic carbocycles. The van der Waals surface area contributed by atoms with E-state index in [1.165, 1.54) is 11.8 Å². The average molecular weight is 279 g/mol. The highest BCUT2D eigenvalue weighted by Gasteiger charge is 2.30. The Morgan fingerprint density at radius 1 is 1.44 bits per heavy atom. The molecule has 1 aliphatic heterocycles. The van der Waals surface area contributed by atoms with Gasteiger partial charge < -0.3 is 14.7 Å². The van der Waals surface area contributed by atoms with Gasteiger partial charge in [-0.05, 0) is 0 Å². The maximum absolute atomic E-state index is 11.9. The Kier molecular flexibility index (Phi) is 5.09. The van der Waals surface area contributed by atoms with Gasteiger partial charge in [0.05, 0.1) is 25.7 Å². The molecule has 0 bridgehead atoms. The topological polar surface area (TPSA) is 101 Å². The number of carboxylic acids is 1. The van der Waals surface area contributed by atoms with Crippen molar-refractivity contribution in [3.05, 3.63) is 0 Å². The molecule has 1 fully saturated rings. The summed E-state index contributed by atoms with van der Waals surface area (Å²) in [6, 6.07) is -0.587. The second-order valence-corrected chi connectivity index (χ2v) is 6.44. The molecule has 18 heavy (non-hydrogen) atoms. The van der Waals surface area contributed by atoms with E-state index >= 15 is 0 Å². The van der Waals surface area contributed by atoms with Gasteiger partial charge in [0, 0.05) is 12.3 Å². The van der Waals surface area contributed by atoms with Crippen molar-refractivity contribution in [1.29, 1.82) is 0 Å². The number of carboxylic acid groups (broad SMARTS) is 1. The molecule has 8 heteroatoms. The van der Waals surface area contributed by atoms with Crippen LogP contribution in [0.1, 0.15) is 13.3 Å². The maximum atomic E-state index is 11.9. The van der Waals surface area contributed by atoms with Crippen molar-refractivity contribution < 1.29 is 27.9 Å². The van der Waals surface area contributed by atoms with Crippen molar-refractivity contribution in [3.63, 3.8) is 0 Å². The zero-order valence-electron chi connectivity index (χ0n) is 10.2. The number of sulfone groups is 1. The summed E-state index contributed by atoms with van der Waals surface area (Å²) in [5.41, 5.74) is 0. The highest BCUT2D eigenvalue weighted by atomic mass is 32.2. The number of morpholine rings is 1. The summed E-state index contributed by atoms with van der Waals surface area (Å²) in [7, 11) is -3.40. The normalized spacial score (nSPS) is 20.7. The lowest BCUT2D eigenvalue weighted by Gasteiger charge is -2.34. The van der Waals surface area contributed by atoms with Gasteiger partial charge in [-0.2, -0.15) is 0 Å². The summed E-state index contributed by atoms with van der Waals surface area (Å²) < 4.78 is 27.9. The van der Waals surface area contributed by atoms with Crippen LogP contribution in [0.4, 0.5) is 0 Å². The van der Waals surface area contributed by atoms with Gasteiger partial charge in [0.1, 0.15) is 5.75 Å². The lowest BCUT2D eigenvalue weighted by Crippen LogP contribution is -2.51. The fourth-order valence-electron chi connectivity index (χ4n) is 1.73. The molecule has 104 valence electrons. The SMILES string of the molecule is CCS(=O)(=O)CC(=O)N1CCOCC1CC(=O)O. The van der Waals surface area contributed by atoms with Crippen molar-refractivity contribution in [2.45, 2.75) is 19.4 Å². The van der Waals surface area contributed by atoms with E-state index in [0.29, 0.717) is 6.61 Å². The van der Waals surface area contributed by atoms with Crippen LogP contribution in [0.5, 0.6) is 0 Å². The van der Waals surface area contributed by atoms with Gasteiger partial charge in [-0.25, -0.2) is 8.42 Å². The van der Waals surface area contributed by atoms with E-state index in [9.17, 15) is 18.0 Å². The summed E-state index contributed by atoms with van der Waals surface area (Å²) in [4.78, 5) is 23.8. The Hall–Kier alpha value is -1.15. The minimum Gasteiger partial charge on any atom is -0.481 e. The Bertz CT molecular complexity index is 418. The van der Waals surface area contributed by atoms with Gasteiger partial charge in [-0.1, -0.05) is 6.92 Å². The first-order valence-electron chi connectivity index (χ1n) is 5.65. The lowest BCUT2D eigenvalue weighted by atomic mass is 10.1.